The van der Waals surface area contributed by atoms with Crippen LogP contribution in [0.2, 0.25) is 0 Å². The number of thioether (sulfide) groups is 1. The lowest BCUT2D eigenvalue weighted by Gasteiger charge is -2.35. The first-order valence-electron chi connectivity index (χ1n) is 7.01. The minimum atomic E-state index is 0.526. The molecular formula is C14H24N4S. The maximum atomic E-state index is 4.55. The van der Waals surface area contributed by atoms with Crippen molar-refractivity contribution in [3.8, 4) is 0 Å². The molecule has 0 aliphatic heterocycles. The Morgan fingerprint density at radius 2 is 1.95 bits per heavy atom. The van der Waals surface area contributed by atoms with Crippen LogP contribution in [0.5, 0.6) is 0 Å². The highest BCUT2D eigenvalue weighted by molar-refractivity contribution is 7.98. The number of aromatic nitrogens is 2. The Balaban J connectivity index is 2.13. The van der Waals surface area contributed by atoms with Crippen molar-refractivity contribution in [2.75, 3.05) is 23.9 Å². The molecule has 1 aromatic heterocycles. The average Bonchev–Trinajstić information content (AvgIpc) is 2.43. The van der Waals surface area contributed by atoms with Crippen molar-refractivity contribution in [1.29, 1.82) is 0 Å². The van der Waals surface area contributed by atoms with Crippen molar-refractivity contribution in [1.82, 2.24) is 9.97 Å². The van der Waals surface area contributed by atoms with E-state index in [9.17, 15) is 0 Å². The van der Waals surface area contributed by atoms with Crippen LogP contribution in [0, 0.1) is 11.8 Å². The Morgan fingerprint density at radius 3 is 2.63 bits per heavy atom. The minimum Gasteiger partial charge on any atom is -0.373 e. The average molecular weight is 280 g/mol. The summed E-state index contributed by atoms with van der Waals surface area (Å²) in [4.78, 5) is 8.95. The quantitative estimate of drug-likeness (QED) is 0.653. The van der Waals surface area contributed by atoms with Crippen LogP contribution >= 0.6 is 11.8 Å². The highest BCUT2D eigenvalue weighted by Gasteiger charge is 2.27. The fourth-order valence-electron chi connectivity index (χ4n) is 2.69. The molecule has 0 radical (unpaired) electrons. The van der Waals surface area contributed by atoms with Gasteiger partial charge < -0.3 is 10.6 Å². The zero-order valence-electron chi connectivity index (χ0n) is 12.2. The Labute approximate surface area is 120 Å². The molecule has 0 bridgehead atoms. The van der Waals surface area contributed by atoms with E-state index in [1.54, 1.807) is 11.8 Å². The van der Waals surface area contributed by atoms with Crippen LogP contribution in [0.4, 0.5) is 11.6 Å². The number of hydrogen-bond donors (Lipinski definition) is 2. The van der Waals surface area contributed by atoms with Gasteiger partial charge in [0.05, 0.1) is 0 Å². The Hall–Kier alpha value is -0.970. The van der Waals surface area contributed by atoms with Crippen LogP contribution in [-0.4, -0.2) is 29.3 Å². The normalized spacial score (nSPS) is 27.1. The highest BCUT2D eigenvalue weighted by atomic mass is 32.2. The second kappa shape index (κ2) is 6.46. The van der Waals surface area contributed by atoms with Crippen molar-refractivity contribution < 1.29 is 0 Å². The first-order valence-corrected chi connectivity index (χ1v) is 8.24. The zero-order chi connectivity index (χ0) is 13.8. The summed E-state index contributed by atoms with van der Waals surface area (Å²) >= 11 is 1.57. The van der Waals surface area contributed by atoms with Gasteiger partial charge in [0.25, 0.3) is 0 Å². The van der Waals surface area contributed by atoms with Crippen LogP contribution < -0.4 is 10.6 Å². The second-order valence-electron chi connectivity index (χ2n) is 5.39. The van der Waals surface area contributed by atoms with Gasteiger partial charge in [0.2, 0.25) is 0 Å². The Morgan fingerprint density at radius 1 is 1.21 bits per heavy atom. The molecule has 2 N–H and O–H groups in total. The largest absolute Gasteiger partial charge is 0.373 e. The lowest BCUT2D eigenvalue weighted by molar-refractivity contribution is 0.253. The van der Waals surface area contributed by atoms with Crippen LogP contribution in [0.25, 0.3) is 0 Å². The molecule has 3 unspecified atom stereocenters. The van der Waals surface area contributed by atoms with Crippen LogP contribution in [0.3, 0.4) is 0 Å². The van der Waals surface area contributed by atoms with Crippen molar-refractivity contribution in [3.05, 3.63) is 6.07 Å². The number of nitrogens with zero attached hydrogens (tertiary/aromatic N) is 2. The molecule has 2 rings (SSSR count). The summed E-state index contributed by atoms with van der Waals surface area (Å²) in [6, 6.07) is 2.52. The van der Waals surface area contributed by atoms with Crippen molar-refractivity contribution >= 4 is 23.4 Å². The second-order valence-corrected chi connectivity index (χ2v) is 6.17. The number of hydrogen-bond acceptors (Lipinski definition) is 5. The molecule has 0 aromatic carbocycles. The number of rotatable bonds is 4. The van der Waals surface area contributed by atoms with Gasteiger partial charge in [-0.3, -0.25) is 0 Å². The molecule has 1 fully saturated rings. The van der Waals surface area contributed by atoms with Gasteiger partial charge in [0.1, 0.15) is 11.6 Å². The van der Waals surface area contributed by atoms with Gasteiger partial charge >= 0.3 is 0 Å². The molecule has 1 aliphatic rings. The van der Waals surface area contributed by atoms with Gasteiger partial charge in [0.15, 0.2) is 5.16 Å². The minimum absolute atomic E-state index is 0.526. The standard InChI is InChI=1S/C14H24N4S/c1-9-6-5-7-11(10(9)2)16-13-8-12(15-3)17-14(18-13)19-4/h8-11H,5-7H2,1-4H3,(H2,15,16,17,18). The summed E-state index contributed by atoms with van der Waals surface area (Å²) in [5.41, 5.74) is 0. The molecular weight excluding hydrogens is 256 g/mol. The predicted molar refractivity (Wildman–Crippen MR) is 82.9 cm³/mol. The summed E-state index contributed by atoms with van der Waals surface area (Å²) in [7, 11) is 1.89. The molecule has 106 valence electrons. The lowest BCUT2D eigenvalue weighted by Crippen LogP contribution is -2.35. The first-order chi connectivity index (χ1) is 9.13. The molecule has 4 nitrogen and oxygen atoms in total. The summed E-state index contributed by atoms with van der Waals surface area (Å²) < 4.78 is 0. The van der Waals surface area contributed by atoms with Gasteiger partial charge in [-0.05, 0) is 24.5 Å². The number of anilines is 2. The molecule has 0 amide bonds. The molecule has 0 spiro atoms. The van der Waals surface area contributed by atoms with E-state index in [4.69, 9.17) is 0 Å². The molecule has 1 heterocycles. The third-order valence-electron chi connectivity index (χ3n) is 4.18. The van der Waals surface area contributed by atoms with Crippen molar-refractivity contribution in [3.63, 3.8) is 0 Å². The van der Waals surface area contributed by atoms with Gasteiger partial charge in [-0.25, -0.2) is 9.97 Å². The Bertz CT molecular complexity index is 402. The van der Waals surface area contributed by atoms with E-state index in [0.717, 1.165) is 22.7 Å². The summed E-state index contributed by atoms with van der Waals surface area (Å²) in [6.07, 6.45) is 5.90. The number of nitrogens with one attached hydrogen (secondary N) is 2. The summed E-state index contributed by atoms with van der Waals surface area (Å²) in [5, 5.41) is 7.51. The van der Waals surface area contributed by atoms with E-state index in [1.165, 1.54) is 19.3 Å². The van der Waals surface area contributed by atoms with E-state index < -0.39 is 0 Å². The predicted octanol–water partition coefficient (Wildman–Crippen LogP) is 3.48. The van der Waals surface area contributed by atoms with E-state index in [0.29, 0.717) is 12.0 Å². The van der Waals surface area contributed by atoms with Gasteiger partial charge in [-0.1, -0.05) is 38.5 Å². The van der Waals surface area contributed by atoms with Gasteiger partial charge in [-0.15, -0.1) is 0 Å². The van der Waals surface area contributed by atoms with Gasteiger partial charge in [-0.2, -0.15) is 0 Å². The molecule has 19 heavy (non-hydrogen) atoms. The molecule has 1 aliphatic carbocycles. The highest BCUT2D eigenvalue weighted by Crippen LogP contribution is 2.31. The molecule has 5 heteroatoms. The van der Waals surface area contributed by atoms with Crippen LogP contribution in [-0.2, 0) is 0 Å². The molecule has 3 atom stereocenters. The Kier molecular flexibility index (Phi) is 4.91. The lowest BCUT2D eigenvalue weighted by atomic mass is 9.78. The van der Waals surface area contributed by atoms with E-state index in [2.05, 4.69) is 34.4 Å². The smallest absolute Gasteiger partial charge is 0.191 e. The van der Waals surface area contributed by atoms with E-state index in [-0.39, 0.29) is 0 Å². The van der Waals surface area contributed by atoms with Gasteiger partial charge in [0, 0.05) is 19.2 Å². The molecule has 0 saturated heterocycles. The third kappa shape index (κ3) is 3.53. The SMILES string of the molecule is CNc1cc(NC2CCCC(C)C2C)nc(SC)n1. The maximum absolute atomic E-state index is 4.55. The van der Waals surface area contributed by atoms with E-state index >= 15 is 0 Å². The van der Waals surface area contributed by atoms with Crippen molar-refractivity contribution in [2.45, 2.75) is 44.3 Å². The summed E-state index contributed by atoms with van der Waals surface area (Å²) in [6.45, 7) is 4.70. The fraction of sp³-hybridized carbons (Fsp3) is 0.714. The monoisotopic (exact) mass is 280 g/mol. The topological polar surface area (TPSA) is 49.8 Å². The van der Waals surface area contributed by atoms with Crippen LogP contribution in [0.1, 0.15) is 33.1 Å². The third-order valence-corrected chi connectivity index (χ3v) is 4.73. The fourth-order valence-corrected chi connectivity index (χ4v) is 3.07. The maximum Gasteiger partial charge on any atom is 0.191 e. The van der Waals surface area contributed by atoms with Crippen molar-refractivity contribution in [2.24, 2.45) is 11.8 Å². The first kappa shape index (κ1) is 14.4. The summed E-state index contributed by atoms with van der Waals surface area (Å²) in [5.74, 6) is 3.30. The van der Waals surface area contributed by atoms with E-state index in [1.807, 2.05) is 19.4 Å². The van der Waals surface area contributed by atoms with Crippen LogP contribution in [0.15, 0.2) is 11.2 Å². The molecule has 1 saturated carbocycles. The zero-order valence-corrected chi connectivity index (χ0v) is 13.0. The molecule has 1 aromatic rings.